The SMILES string of the molecule is CN=C(NCCCOc1ccccc1)N1CCS(=O)(=O)C(C)(C)C1. The van der Waals surface area contributed by atoms with Gasteiger partial charge in [0, 0.05) is 26.7 Å². The molecule has 134 valence electrons. The van der Waals surface area contributed by atoms with E-state index in [4.69, 9.17) is 4.74 Å². The van der Waals surface area contributed by atoms with E-state index in [1.165, 1.54) is 0 Å². The number of hydrogen-bond donors (Lipinski definition) is 1. The normalized spacial score (nSPS) is 19.8. The highest BCUT2D eigenvalue weighted by molar-refractivity contribution is 7.92. The van der Waals surface area contributed by atoms with Gasteiger partial charge in [-0.05, 0) is 32.4 Å². The van der Waals surface area contributed by atoms with E-state index < -0.39 is 14.6 Å². The summed E-state index contributed by atoms with van der Waals surface area (Å²) in [6, 6.07) is 9.72. The molecule has 0 unspecified atom stereocenters. The molecule has 2 rings (SSSR count). The van der Waals surface area contributed by atoms with E-state index in [0.717, 1.165) is 24.7 Å². The highest BCUT2D eigenvalue weighted by atomic mass is 32.2. The van der Waals surface area contributed by atoms with Crippen molar-refractivity contribution in [1.82, 2.24) is 10.2 Å². The first-order valence-corrected chi connectivity index (χ1v) is 9.87. The number of para-hydroxylation sites is 1. The fourth-order valence-corrected chi connectivity index (χ4v) is 4.00. The molecule has 0 spiro atoms. The van der Waals surface area contributed by atoms with Crippen molar-refractivity contribution in [3.8, 4) is 5.75 Å². The van der Waals surface area contributed by atoms with Gasteiger partial charge in [-0.2, -0.15) is 0 Å². The highest BCUT2D eigenvalue weighted by Gasteiger charge is 2.40. The molecule has 0 amide bonds. The average Bonchev–Trinajstić information content (AvgIpc) is 2.55. The van der Waals surface area contributed by atoms with Gasteiger partial charge < -0.3 is 15.0 Å². The van der Waals surface area contributed by atoms with Crippen LogP contribution in [0.1, 0.15) is 20.3 Å². The Bertz CT molecular complexity index is 657. The summed E-state index contributed by atoms with van der Waals surface area (Å²) in [5.74, 6) is 1.78. The minimum absolute atomic E-state index is 0.165. The third-order valence-corrected chi connectivity index (χ3v) is 6.70. The fraction of sp³-hybridized carbons (Fsp3) is 0.588. The molecule has 1 aromatic carbocycles. The van der Waals surface area contributed by atoms with Crippen molar-refractivity contribution < 1.29 is 13.2 Å². The first-order chi connectivity index (χ1) is 11.4. The predicted octanol–water partition coefficient (Wildman–Crippen LogP) is 1.54. The Kier molecular flexibility index (Phi) is 6.10. The Balaban J connectivity index is 1.77. The fourth-order valence-electron chi connectivity index (χ4n) is 2.64. The second-order valence-corrected chi connectivity index (χ2v) is 9.23. The Labute approximate surface area is 144 Å². The third-order valence-electron chi connectivity index (χ3n) is 4.17. The summed E-state index contributed by atoms with van der Waals surface area (Å²) in [7, 11) is -1.32. The molecule has 0 atom stereocenters. The number of ether oxygens (including phenoxy) is 1. The Morgan fingerprint density at radius 2 is 2.04 bits per heavy atom. The average molecular weight is 353 g/mol. The second kappa shape index (κ2) is 7.88. The molecule has 1 N–H and O–H groups in total. The van der Waals surface area contributed by atoms with Crippen LogP contribution in [0, 0.1) is 0 Å². The van der Waals surface area contributed by atoms with E-state index >= 15 is 0 Å². The Hall–Kier alpha value is -1.76. The van der Waals surface area contributed by atoms with Gasteiger partial charge in [-0.1, -0.05) is 18.2 Å². The lowest BCUT2D eigenvalue weighted by atomic mass is 10.2. The molecule has 1 aromatic rings. The van der Waals surface area contributed by atoms with Gasteiger partial charge in [0.05, 0.1) is 17.1 Å². The zero-order valence-corrected chi connectivity index (χ0v) is 15.5. The summed E-state index contributed by atoms with van der Waals surface area (Å²) >= 11 is 0. The maximum Gasteiger partial charge on any atom is 0.193 e. The topological polar surface area (TPSA) is 71.0 Å². The van der Waals surface area contributed by atoms with Gasteiger partial charge in [-0.25, -0.2) is 8.42 Å². The van der Waals surface area contributed by atoms with Crippen LogP contribution in [0.15, 0.2) is 35.3 Å². The Morgan fingerprint density at radius 3 is 2.67 bits per heavy atom. The van der Waals surface area contributed by atoms with Crippen LogP contribution in [-0.2, 0) is 9.84 Å². The van der Waals surface area contributed by atoms with Crippen molar-refractivity contribution >= 4 is 15.8 Å². The molecule has 6 nitrogen and oxygen atoms in total. The van der Waals surface area contributed by atoms with E-state index in [9.17, 15) is 8.42 Å². The van der Waals surface area contributed by atoms with E-state index in [0.29, 0.717) is 19.7 Å². The maximum absolute atomic E-state index is 12.1. The van der Waals surface area contributed by atoms with E-state index in [2.05, 4.69) is 10.3 Å². The van der Waals surface area contributed by atoms with Gasteiger partial charge in [-0.3, -0.25) is 4.99 Å². The molecule has 1 heterocycles. The number of guanidine groups is 1. The summed E-state index contributed by atoms with van der Waals surface area (Å²) in [6.07, 6.45) is 0.837. The summed E-state index contributed by atoms with van der Waals surface area (Å²) in [6.45, 7) is 5.82. The molecular weight excluding hydrogens is 326 g/mol. The van der Waals surface area contributed by atoms with Crippen molar-refractivity contribution in [2.24, 2.45) is 4.99 Å². The Morgan fingerprint density at radius 1 is 1.33 bits per heavy atom. The molecule has 0 saturated carbocycles. The van der Waals surface area contributed by atoms with Crippen LogP contribution in [-0.4, -0.2) is 63.1 Å². The predicted molar refractivity (Wildman–Crippen MR) is 97.4 cm³/mol. The summed E-state index contributed by atoms with van der Waals surface area (Å²) in [5, 5.41) is 3.29. The first kappa shape index (κ1) is 18.6. The maximum atomic E-state index is 12.1. The standard InChI is InChI=1S/C17H27N3O3S/c1-17(2)14-20(11-13-24(17,21)22)16(18-3)19-10-7-12-23-15-8-5-4-6-9-15/h4-6,8-9H,7,10-14H2,1-3H3,(H,18,19). The van der Waals surface area contributed by atoms with Crippen LogP contribution in [0.2, 0.25) is 0 Å². The van der Waals surface area contributed by atoms with Crippen LogP contribution in [0.3, 0.4) is 0 Å². The molecule has 1 aliphatic rings. The molecule has 0 aliphatic carbocycles. The van der Waals surface area contributed by atoms with Gasteiger partial charge >= 0.3 is 0 Å². The number of benzene rings is 1. The monoisotopic (exact) mass is 353 g/mol. The van der Waals surface area contributed by atoms with Gasteiger partial charge in [0.2, 0.25) is 0 Å². The number of nitrogens with zero attached hydrogens (tertiary/aromatic N) is 2. The molecule has 7 heteroatoms. The smallest absolute Gasteiger partial charge is 0.193 e. The zero-order chi connectivity index (χ0) is 17.6. The van der Waals surface area contributed by atoms with Gasteiger partial charge in [-0.15, -0.1) is 0 Å². The number of sulfone groups is 1. The highest BCUT2D eigenvalue weighted by Crippen LogP contribution is 2.23. The third kappa shape index (κ3) is 4.63. The lowest BCUT2D eigenvalue weighted by Crippen LogP contribution is -2.57. The summed E-state index contributed by atoms with van der Waals surface area (Å²) < 4.78 is 29.1. The van der Waals surface area contributed by atoms with Crippen LogP contribution in [0.4, 0.5) is 0 Å². The summed E-state index contributed by atoms with van der Waals surface area (Å²) in [4.78, 5) is 6.29. The van der Waals surface area contributed by atoms with E-state index in [-0.39, 0.29) is 5.75 Å². The largest absolute Gasteiger partial charge is 0.494 e. The molecule has 0 radical (unpaired) electrons. The second-order valence-electron chi connectivity index (χ2n) is 6.49. The van der Waals surface area contributed by atoms with E-state index in [1.807, 2.05) is 35.2 Å². The van der Waals surface area contributed by atoms with Crippen molar-refractivity contribution in [3.63, 3.8) is 0 Å². The molecular formula is C17H27N3O3S. The number of hydrogen-bond acceptors (Lipinski definition) is 4. The molecule has 0 bridgehead atoms. The van der Waals surface area contributed by atoms with Gasteiger partial charge in [0.25, 0.3) is 0 Å². The number of rotatable bonds is 5. The number of nitrogens with one attached hydrogen (secondary N) is 1. The lowest BCUT2D eigenvalue weighted by Gasteiger charge is -2.39. The van der Waals surface area contributed by atoms with Gasteiger partial charge in [0.15, 0.2) is 15.8 Å². The van der Waals surface area contributed by atoms with E-state index in [1.54, 1.807) is 20.9 Å². The first-order valence-electron chi connectivity index (χ1n) is 8.21. The lowest BCUT2D eigenvalue weighted by molar-refractivity contribution is 0.308. The van der Waals surface area contributed by atoms with Gasteiger partial charge in [0.1, 0.15) is 5.75 Å². The van der Waals surface area contributed by atoms with Crippen molar-refractivity contribution in [1.29, 1.82) is 0 Å². The number of aliphatic imine (C=N–C) groups is 1. The van der Waals surface area contributed by atoms with Crippen molar-refractivity contribution in [2.75, 3.05) is 39.0 Å². The van der Waals surface area contributed by atoms with Crippen LogP contribution in [0.25, 0.3) is 0 Å². The van der Waals surface area contributed by atoms with Crippen molar-refractivity contribution in [2.45, 2.75) is 25.0 Å². The minimum atomic E-state index is -3.04. The van der Waals surface area contributed by atoms with Crippen molar-refractivity contribution in [3.05, 3.63) is 30.3 Å². The molecule has 0 aromatic heterocycles. The minimum Gasteiger partial charge on any atom is -0.494 e. The quantitative estimate of drug-likeness (QED) is 0.494. The van der Waals surface area contributed by atoms with Crippen LogP contribution in [0.5, 0.6) is 5.75 Å². The van der Waals surface area contributed by atoms with Crippen LogP contribution >= 0.6 is 0 Å². The molecule has 1 saturated heterocycles. The summed E-state index contributed by atoms with van der Waals surface area (Å²) in [5.41, 5.74) is 0. The van der Waals surface area contributed by atoms with Crippen LogP contribution < -0.4 is 10.1 Å². The molecule has 1 fully saturated rings. The molecule has 1 aliphatic heterocycles. The molecule has 24 heavy (non-hydrogen) atoms. The zero-order valence-electron chi connectivity index (χ0n) is 14.7.